The Bertz CT molecular complexity index is 612. The number of halogens is 1. The molecular weight excluding hydrogens is 304 g/mol. The minimum atomic E-state index is -3.58. The second kappa shape index (κ2) is 6.09. The van der Waals surface area contributed by atoms with E-state index in [-0.39, 0.29) is 15.5 Å². The second-order valence-corrected chi connectivity index (χ2v) is 6.63. The third-order valence-corrected chi connectivity index (χ3v) is 5.27. The van der Waals surface area contributed by atoms with Gasteiger partial charge in [-0.2, -0.15) is 4.31 Å². The molecule has 0 aliphatic carbocycles. The number of esters is 1. The topological polar surface area (TPSA) is 75.7 Å². The van der Waals surface area contributed by atoms with Crippen molar-refractivity contribution in [1.29, 1.82) is 0 Å². The quantitative estimate of drug-likeness (QED) is 0.831. The Kier molecular flexibility index (Phi) is 4.64. The monoisotopic (exact) mass is 318 g/mol. The predicted octanol–water partition coefficient (Wildman–Crippen LogP) is 0.721. The Morgan fingerprint density at radius 1 is 1.35 bits per heavy atom. The van der Waals surface area contributed by atoms with Gasteiger partial charge < -0.3 is 10.1 Å². The molecule has 8 heteroatoms. The lowest BCUT2D eigenvalue weighted by atomic mass is 10.2. The summed E-state index contributed by atoms with van der Waals surface area (Å²) in [6.45, 7) is 2.07. The largest absolute Gasteiger partial charge is 0.465 e. The minimum absolute atomic E-state index is 0.0630. The van der Waals surface area contributed by atoms with Gasteiger partial charge in [0.15, 0.2) is 0 Å². The van der Waals surface area contributed by atoms with Crippen molar-refractivity contribution in [3.8, 4) is 0 Å². The first-order valence-corrected chi connectivity index (χ1v) is 7.87. The Morgan fingerprint density at radius 2 is 2.00 bits per heavy atom. The fourth-order valence-electron chi connectivity index (χ4n) is 1.97. The van der Waals surface area contributed by atoms with Crippen LogP contribution in [-0.4, -0.2) is 52.0 Å². The van der Waals surface area contributed by atoms with Gasteiger partial charge in [-0.25, -0.2) is 13.2 Å². The lowest BCUT2D eigenvalue weighted by Gasteiger charge is -2.26. The zero-order valence-corrected chi connectivity index (χ0v) is 12.5. The molecule has 0 radical (unpaired) electrons. The fraction of sp³-hybridized carbons (Fsp3) is 0.417. The van der Waals surface area contributed by atoms with Crippen LogP contribution in [0.5, 0.6) is 0 Å². The molecule has 6 nitrogen and oxygen atoms in total. The van der Waals surface area contributed by atoms with Crippen LogP contribution in [0.2, 0.25) is 5.02 Å². The molecule has 1 aliphatic heterocycles. The molecule has 0 amide bonds. The number of benzene rings is 1. The van der Waals surface area contributed by atoms with Gasteiger partial charge in [0.05, 0.1) is 22.6 Å². The summed E-state index contributed by atoms with van der Waals surface area (Å²) in [7, 11) is -2.34. The van der Waals surface area contributed by atoms with Crippen LogP contribution < -0.4 is 5.32 Å². The van der Waals surface area contributed by atoms with E-state index in [0.717, 1.165) is 0 Å². The van der Waals surface area contributed by atoms with Crippen molar-refractivity contribution < 1.29 is 17.9 Å². The van der Waals surface area contributed by atoms with Gasteiger partial charge in [0.1, 0.15) is 0 Å². The van der Waals surface area contributed by atoms with Crippen molar-refractivity contribution in [2.24, 2.45) is 0 Å². The Labute approximate surface area is 122 Å². The van der Waals surface area contributed by atoms with Crippen molar-refractivity contribution in [3.63, 3.8) is 0 Å². The molecule has 1 aromatic rings. The predicted molar refractivity (Wildman–Crippen MR) is 74.4 cm³/mol. The average Bonchev–Trinajstić information content (AvgIpc) is 2.47. The number of sulfonamides is 1. The first-order valence-electron chi connectivity index (χ1n) is 6.05. The summed E-state index contributed by atoms with van der Waals surface area (Å²) < 4.78 is 30.8. The number of nitrogens with zero attached hydrogens (tertiary/aromatic N) is 1. The van der Waals surface area contributed by atoms with Gasteiger partial charge in [-0.05, 0) is 18.2 Å². The molecule has 1 fully saturated rings. The van der Waals surface area contributed by atoms with E-state index in [9.17, 15) is 13.2 Å². The van der Waals surface area contributed by atoms with Gasteiger partial charge in [-0.3, -0.25) is 0 Å². The highest BCUT2D eigenvalue weighted by molar-refractivity contribution is 7.89. The van der Waals surface area contributed by atoms with E-state index in [1.54, 1.807) is 0 Å². The van der Waals surface area contributed by atoms with E-state index < -0.39 is 16.0 Å². The molecule has 0 atom stereocenters. The van der Waals surface area contributed by atoms with Gasteiger partial charge >= 0.3 is 5.97 Å². The standard InChI is InChI=1S/C12H15ClN2O4S/c1-19-12(16)10-3-2-9(8-11(10)13)20(17,18)15-6-4-14-5-7-15/h2-3,8,14H,4-7H2,1H3. The van der Waals surface area contributed by atoms with Crippen LogP contribution in [0.3, 0.4) is 0 Å². The number of nitrogens with one attached hydrogen (secondary N) is 1. The molecule has 0 spiro atoms. The van der Waals surface area contributed by atoms with Crippen LogP contribution >= 0.6 is 11.6 Å². The number of piperazine rings is 1. The molecule has 0 unspecified atom stereocenters. The van der Waals surface area contributed by atoms with Crippen molar-refractivity contribution in [2.45, 2.75) is 4.90 Å². The van der Waals surface area contributed by atoms with E-state index in [1.165, 1.54) is 29.6 Å². The van der Waals surface area contributed by atoms with E-state index in [4.69, 9.17) is 11.6 Å². The summed E-state index contributed by atoms with van der Waals surface area (Å²) in [5.41, 5.74) is 0.147. The maximum absolute atomic E-state index is 12.4. The normalized spacial score (nSPS) is 16.9. The maximum atomic E-state index is 12.4. The van der Waals surface area contributed by atoms with Crippen LogP contribution in [0.1, 0.15) is 10.4 Å². The number of carbonyl (C=O) groups excluding carboxylic acids is 1. The highest BCUT2D eigenvalue weighted by Crippen LogP contribution is 2.24. The summed E-state index contributed by atoms with van der Waals surface area (Å²) in [5, 5.41) is 3.15. The second-order valence-electron chi connectivity index (χ2n) is 4.29. The molecule has 1 aliphatic rings. The molecule has 110 valence electrons. The van der Waals surface area contributed by atoms with Crippen molar-refractivity contribution in [1.82, 2.24) is 9.62 Å². The Balaban J connectivity index is 2.33. The molecule has 0 saturated carbocycles. The Hall–Kier alpha value is -1.15. The highest BCUT2D eigenvalue weighted by atomic mass is 35.5. The summed E-state index contributed by atoms with van der Waals surface area (Å²) >= 11 is 5.95. The lowest BCUT2D eigenvalue weighted by Crippen LogP contribution is -2.46. The van der Waals surface area contributed by atoms with E-state index in [2.05, 4.69) is 10.1 Å². The molecule has 2 rings (SSSR count). The third-order valence-electron chi connectivity index (χ3n) is 3.06. The van der Waals surface area contributed by atoms with Crippen LogP contribution in [0.4, 0.5) is 0 Å². The zero-order chi connectivity index (χ0) is 14.8. The minimum Gasteiger partial charge on any atom is -0.465 e. The molecule has 1 aromatic carbocycles. The Morgan fingerprint density at radius 3 is 2.55 bits per heavy atom. The summed E-state index contributed by atoms with van der Waals surface area (Å²) in [6.07, 6.45) is 0. The number of hydrogen-bond donors (Lipinski definition) is 1. The van der Waals surface area contributed by atoms with Gasteiger partial charge in [-0.15, -0.1) is 0 Å². The van der Waals surface area contributed by atoms with Crippen LogP contribution in [0, 0.1) is 0 Å². The molecule has 20 heavy (non-hydrogen) atoms. The summed E-state index contributed by atoms with van der Waals surface area (Å²) in [4.78, 5) is 11.5. The van der Waals surface area contributed by atoms with Gasteiger partial charge in [0.2, 0.25) is 10.0 Å². The van der Waals surface area contributed by atoms with Crippen molar-refractivity contribution in [3.05, 3.63) is 28.8 Å². The van der Waals surface area contributed by atoms with Gasteiger partial charge in [-0.1, -0.05) is 11.6 Å². The number of ether oxygens (including phenoxy) is 1. The summed E-state index contributed by atoms with van der Waals surface area (Å²) in [6, 6.07) is 4.02. The van der Waals surface area contributed by atoms with E-state index in [0.29, 0.717) is 26.2 Å². The molecular formula is C12H15ClN2O4S. The third kappa shape index (κ3) is 2.95. The SMILES string of the molecule is COC(=O)c1ccc(S(=O)(=O)N2CCNCC2)cc1Cl. The lowest BCUT2D eigenvalue weighted by molar-refractivity contribution is 0.0601. The number of carbonyl (C=O) groups is 1. The van der Waals surface area contributed by atoms with Crippen LogP contribution in [-0.2, 0) is 14.8 Å². The molecule has 0 aromatic heterocycles. The average molecular weight is 319 g/mol. The molecule has 1 saturated heterocycles. The highest BCUT2D eigenvalue weighted by Gasteiger charge is 2.26. The number of rotatable bonds is 3. The fourth-order valence-corrected chi connectivity index (χ4v) is 3.76. The number of methoxy groups -OCH3 is 1. The first kappa shape index (κ1) is 15.2. The van der Waals surface area contributed by atoms with E-state index >= 15 is 0 Å². The van der Waals surface area contributed by atoms with Crippen molar-refractivity contribution in [2.75, 3.05) is 33.3 Å². The van der Waals surface area contributed by atoms with E-state index in [1.807, 2.05) is 0 Å². The molecule has 0 bridgehead atoms. The number of hydrogen-bond acceptors (Lipinski definition) is 5. The zero-order valence-electron chi connectivity index (χ0n) is 10.9. The molecule has 1 N–H and O–H groups in total. The first-order chi connectivity index (χ1) is 9.46. The maximum Gasteiger partial charge on any atom is 0.339 e. The summed E-state index contributed by atoms with van der Waals surface area (Å²) in [5.74, 6) is -0.596. The smallest absolute Gasteiger partial charge is 0.339 e. The molecule has 1 heterocycles. The van der Waals surface area contributed by atoms with Crippen LogP contribution in [0.15, 0.2) is 23.1 Å². The van der Waals surface area contributed by atoms with Crippen molar-refractivity contribution >= 4 is 27.6 Å². The van der Waals surface area contributed by atoms with Gasteiger partial charge in [0.25, 0.3) is 0 Å². The van der Waals surface area contributed by atoms with Gasteiger partial charge in [0, 0.05) is 26.2 Å². The van der Waals surface area contributed by atoms with Crippen LogP contribution in [0.25, 0.3) is 0 Å².